The third-order valence-electron chi connectivity index (χ3n) is 8.46. The number of allylic oxidation sites excluding steroid dienone is 8. The summed E-state index contributed by atoms with van der Waals surface area (Å²) >= 11 is 0. The fourth-order valence-electron chi connectivity index (χ4n) is 5.23. The summed E-state index contributed by atoms with van der Waals surface area (Å²) in [5, 5.41) is 18.3. The highest BCUT2D eigenvalue weighted by atomic mass is 31.2. The molecule has 3 atom stereocenters. The maximum absolute atomic E-state index is 12.6. The lowest BCUT2D eigenvalue weighted by Gasteiger charge is -2.20. The van der Waals surface area contributed by atoms with Gasteiger partial charge >= 0.3 is 19.8 Å². The highest BCUT2D eigenvalue weighted by Crippen LogP contribution is 2.43. The second-order valence-electron chi connectivity index (χ2n) is 13.7. The van der Waals surface area contributed by atoms with E-state index in [-0.39, 0.29) is 19.4 Å². The Morgan fingerprint density at radius 1 is 0.566 bits per heavy atom. The van der Waals surface area contributed by atoms with E-state index in [9.17, 15) is 24.2 Å². The van der Waals surface area contributed by atoms with Crippen molar-refractivity contribution in [3.8, 4) is 0 Å². The molecule has 0 heterocycles. The summed E-state index contributed by atoms with van der Waals surface area (Å²) in [6, 6.07) is 0. The van der Waals surface area contributed by atoms with Gasteiger partial charge in [0.1, 0.15) is 12.7 Å². The summed E-state index contributed by atoms with van der Waals surface area (Å²) in [5.41, 5.74) is 0. The fraction of sp³-hybridized carbons (Fsp3) is 0.762. The minimum Gasteiger partial charge on any atom is -0.462 e. The molecule has 308 valence electrons. The van der Waals surface area contributed by atoms with Crippen LogP contribution in [0.15, 0.2) is 48.6 Å². The first-order valence-corrected chi connectivity index (χ1v) is 22.1. The zero-order valence-electron chi connectivity index (χ0n) is 33.2. The molecule has 0 fully saturated rings. The van der Waals surface area contributed by atoms with Crippen LogP contribution in [0.3, 0.4) is 0 Å². The predicted molar refractivity (Wildman–Crippen MR) is 214 cm³/mol. The molecule has 0 spiro atoms. The molecule has 0 aliphatic rings. The number of rotatable bonds is 38. The Labute approximate surface area is 322 Å². The minimum atomic E-state index is -4.63. The summed E-state index contributed by atoms with van der Waals surface area (Å²) < 4.78 is 32.6. The van der Waals surface area contributed by atoms with Gasteiger partial charge in [0, 0.05) is 12.8 Å². The lowest BCUT2D eigenvalue weighted by Crippen LogP contribution is -2.29. The molecule has 10 nitrogen and oxygen atoms in total. The first kappa shape index (κ1) is 50.9. The fourth-order valence-corrected chi connectivity index (χ4v) is 6.02. The maximum atomic E-state index is 12.6. The van der Waals surface area contributed by atoms with Crippen molar-refractivity contribution in [2.45, 2.75) is 180 Å². The zero-order valence-corrected chi connectivity index (χ0v) is 34.1. The first-order chi connectivity index (χ1) is 25.7. The van der Waals surface area contributed by atoms with Gasteiger partial charge in [-0.25, -0.2) is 4.57 Å². The molecule has 0 aromatic carbocycles. The van der Waals surface area contributed by atoms with Gasteiger partial charge in [0.2, 0.25) is 0 Å². The number of hydrogen-bond acceptors (Lipinski definition) is 9. The molecule has 0 amide bonds. The van der Waals surface area contributed by atoms with E-state index in [0.717, 1.165) is 57.8 Å². The molecular weight excluding hydrogens is 695 g/mol. The van der Waals surface area contributed by atoms with Crippen LogP contribution in [0.1, 0.15) is 168 Å². The van der Waals surface area contributed by atoms with Gasteiger partial charge in [-0.15, -0.1) is 0 Å². The van der Waals surface area contributed by atoms with Crippen LogP contribution in [-0.2, 0) is 32.7 Å². The SMILES string of the molecule is CCCCC/C=C/C/C=C/C/C=C/CCCCC(=O)O[C@H](COC(=O)CCCCCCCCC/C=C/CCCCCC)COP(=O)(O)OC[C@@H](O)CO. The third kappa shape index (κ3) is 38.0. The number of hydrogen-bond donors (Lipinski definition) is 3. The second kappa shape index (κ2) is 38.2. The topological polar surface area (TPSA) is 149 Å². The molecule has 0 saturated carbocycles. The van der Waals surface area contributed by atoms with Gasteiger partial charge < -0.3 is 24.6 Å². The van der Waals surface area contributed by atoms with Gasteiger partial charge in [0.25, 0.3) is 0 Å². The molecule has 3 N–H and O–H groups in total. The maximum Gasteiger partial charge on any atom is 0.472 e. The molecule has 0 bridgehead atoms. The van der Waals surface area contributed by atoms with Crippen molar-refractivity contribution in [2.24, 2.45) is 0 Å². The van der Waals surface area contributed by atoms with Crippen LogP contribution < -0.4 is 0 Å². The molecule has 0 aliphatic carbocycles. The van der Waals surface area contributed by atoms with Gasteiger partial charge in [-0.05, 0) is 77.0 Å². The molecule has 0 rings (SSSR count). The average Bonchev–Trinajstić information content (AvgIpc) is 3.14. The molecule has 53 heavy (non-hydrogen) atoms. The highest BCUT2D eigenvalue weighted by molar-refractivity contribution is 7.47. The number of carbonyl (C=O) groups is 2. The molecular formula is C42H75O10P. The van der Waals surface area contributed by atoms with Crippen molar-refractivity contribution >= 4 is 19.8 Å². The Morgan fingerprint density at radius 3 is 1.57 bits per heavy atom. The molecule has 0 aromatic rings. The van der Waals surface area contributed by atoms with Crippen molar-refractivity contribution in [1.82, 2.24) is 0 Å². The Balaban J connectivity index is 4.41. The van der Waals surface area contributed by atoms with E-state index in [1.165, 1.54) is 70.6 Å². The number of phosphoric acid groups is 1. The number of esters is 2. The Kier molecular flexibility index (Phi) is 36.7. The summed E-state index contributed by atoms with van der Waals surface area (Å²) in [5.74, 6) is -0.977. The van der Waals surface area contributed by atoms with Gasteiger partial charge in [-0.1, -0.05) is 127 Å². The van der Waals surface area contributed by atoms with Crippen LogP contribution in [0.4, 0.5) is 0 Å². The van der Waals surface area contributed by atoms with Crippen molar-refractivity contribution in [2.75, 3.05) is 26.4 Å². The number of aliphatic hydroxyl groups excluding tert-OH is 2. The molecule has 0 aliphatic heterocycles. The van der Waals surface area contributed by atoms with E-state index in [2.05, 4.69) is 67.0 Å². The Bertz CT molecular complexity index is 1030. The van der Waals surface area contributed by atoms with Gasteiger partial charge in [-0.3, -0.25) is 18.6 Å². The van der Waals surface area contributed by atoms with E-state index in [1.807, 2.05) is 0 Å². The monoisotopic (exact) mass is 771 g/mol. The van der Waals surface area contributed by atoms with Crippen molar-refractivity contribution in [3.63, 3.8) is 0 Å². The van der Waals surface area contributed by atoms with Crippen LogP contribution in [0, 0.1) is 0 Å². The quantitative estimate of drug-likeness (QED) is 0.0240. The minimum absolute atomic E-state index is 0.134. The smallest absolute Gasteiger partial charge is 0.462 e. The Morgan fingerprint density at radius 2 is 0.981 bits per heavy atom. The number of ether oxygens (including phenoxy) is 2. The first-order valence-electron chi connectivity index (χ1n) is 20.6. The molecule has 11 heteroatoms. The van der Waals surface area contributed by atoms with Crippen LogP contribution >= 0.6 is 7.82 Å². The van der Waals surface area contributed by atoms with Crippen LogP contribution in [-0.4, -0.2) is 65.7 Å². The number of aliphatic hydroxyl groups is 2. The van der Waals surface area contributed by atoms with E-state index in [0.29, 0.717) is 12.8 Å². The van der Waals surface area contributed by atoms with Gasteiger partial charge in [0.05, 0.1) is 19.8 Å². The normalized spacial score (nSPS) is 14.4. The van der Waals surface area contributed by atoms with Gasteiger partial charge in [0.15, 0.2) is 6.10 Å². The molecule has 1 unspecified atom stereocenters. The van der Waals surface area contributed by atoms with Crippen LogP contribution in [0.25, 0.3) is 0 Å². The molecule has 0 radical (unpaired) electrons. The van der Waals surface area contributed by atoms with Crippen molar-refractivity contribution in [3.05, 3.63) is 48.6 Å². The van der Waals surface area contributed by atoms with Crippen LogP contribution in [0.2, 0.25) is 0 Å². The Hall–Kier alpha value is -2.07. The zero-order chi connectivity index (χ0) is 39.1. The van der Waals surface area contributed by atoms with Gasteiger partial charge in [-0.2, -0.15) is 0 Å². The standard InChI is InChI=1S/C42H75O10P/c1-3-5-7-9-11-13-15-17-19-21-23-25-27-29-31-33-41(45)49-37-40(38-51-53(47,48)50-36-39(44)35-43)52-42(46)34-32-30-28-26-24-22-20-18-16-14-12-10-8-6-4-2/h12-15,18,20,24,26,39-40,43-44H,3-11,16-17,19,21-23,25,27-38H2,1-2H3,(H,47,48)/b14-12+,15-13+,20-18+,26-24+/t39-,40+/m0/s1. The van der Waals surface area contributed by atoms with E-state index < -0.39 is 51.8 Å². The number of phosphoric ester groups is 1. The van der Waals surface area contributed by atoms with Crippen LogP contribution in [0.5, 0.6) is 0 Å². The number of unbranched alkanes of at least 4 members (excludes halogenated alkanes) is 16. The summed E-state index contributed by atoms with van der Waals surface area (Å²) in [4.78, 5) is 34.9. The third-order valence-corrected chi connectivity index (χ3v) is 9.41. The lowest BCUT2D eigenvalue weighted by molar-refractivity contribution is -0.161. The molecule has 0 aromatic heterocycles. The second-order valence-corrected chi connectivity index (χ2v) is 15.1. The van der Waals surface area contributed by atoms with E-state index in [4.69, 9.17) is 19.1 Å². The van der Waals surface area contributed by atoms with Crippen molar-refractivity contribution < 1.29 is 47.8 Å². The van der Waals surface area contributed by atoms with E-state index in [1.54, 1.807) is 0 Å². The predicted octanol–water partition coefficient (Wildman–Crippen LogP) is 10.6. The molecule has 0 saturated heterocycles. The summed E-state index contributed by atoms with van der Waals surface area (Å²) in [6.45, 7) is 2.28. The highest BCUT2D eigenvalue weighted by Gasteiger charge is 2.27. The average molecular weight is 771 g/mol. The number of carbonyl (C=O) groups excluding carboxylic acids is 2. The van der Waals surface area contributed by atoms with E-state index >= 15 is 0 Å². The summed E-state index contributed by atoms with van der Waals surface area (Å²) in [7, 11) is -4.63. The lowest BCUT2D eigenvalue weighted by atomic mass is 10.1. The summed E-state index contributed by atoms with van der Waals surface area (Å²) in [6.07, 6.45) is 39.3. The van der Waals surface area contributed by atoms with Crippen molar-refractivity contribution in [1.29, 1.82) is 0 Å². The largest absolute Gasteiger partial charge is 0.472 e.